The van der Waals surface area contributed by atoms with Crippen molar-refractivity contribution in [1.82, 2.24) is 10.6 Å². The predicted molar refractivity (Wildman–Crippen MR) is 64.3 cm³/mol. The Morgan fingerprint density at radius 2 is 2.12 bits per heavy atom. The molecular weight excluding hydrogens is 224 g/mol. The fourth-order valence-corrected chi connectivity index (χ4v) is 1.94. The lowest BCUT2D eigenvalue weighted by atomic mass is 10.1. The van der Waals surface area contributed by atoms with Crippen LogP contribution in [0.4, 0.5) is 0 Å². The van der Waals surface area contributed by atoms with Crippen molar-refractivity contribution in [2.24, 2.45) is 0 Å². The molecule has 1 fully saturated rings. The Morgan fingerprint density at radius 1 is 1.38 bits per heavy atom. The molecule has 2 rings (SSSR count). The van der Waals surface area contributed by atoms with Crippen LogP contribution in [-0.2, 0) is 11.3 Å². The van der Waals surface area contributed by atoms with Crippen molar-refractivity contribution in [3.05, 3.63) is 34.9 Å². The monoisotopic (exact) mass is 238 g/mol. The Morgan fingerprint density at radius 3 is 2.81 bits per heavy atom. The highest BCUT2D eigenvalue weighted by Gasteiger charge is 2.20. The van der Waals surface area contributed by atoms with E-state index in [0.717, 1.165) is 30.0 Å². The lowest BCUT2D eigenvalue weighted by molar-refractivity contribution is -0.124. The average molecular weight is 239 g/mol. The van der Waals surface area contributed by atoms with Crippen LogP contribution >= 0.6 is 11.6 Å². The topological polar surface area (TPSA) is 41.1 Å². The third kappa shape index (κ3) is 2.97. The van der Waals surface area contributed by atoms with Gasteiger partial charge in [-0.1, -0.05) is 23.7 Å². The number of nitrogens with one attached hydrogen (secondary N) is 2. The number of halogens is 1. The Hall–Kier alpha value is -1.06. The Labute approximate surface area is 100 Å². The third-order valence-corrected chi connectivity index (χ3v) is 3.00. The Kier molecular flexibility index (Phi) is 3.80. The fourth-order valence-electron chi connectivity index (χ4n) is 1.81. The van der Waals surface area contributed by atoms with Crippen LogP contribution < -0.4 is 10.6 Å². The molecule has 4 heteroatoms. The van der Waals surface area contributed by atoms with Gasteiger partial charge in [-0.15, -0.1) is 0 Å². The van der Waals surface area contributed by atoms with Crippen molar-refractivity contribution in [1.29, 1.82) is 0 Å². The lowest BCUT2D eigenvalue weighted by Crippen LogP contribution is -2.47. The van der Waals surface area contributed by atoms with Gasteiger partial charge in [0.1, 0.15) is 0 Å². The van der Waals surface area contributed by atoms with Crippen molar-refractivity contribution in [3.63, 3.8) is 0 Å². The lowest BCUT2D eigenvalue weighted by Gasteiger charge is -2.22. The molecule has 0 aliphatic carbocycles. The molecule has 0 spiro atoms. The van der Waals surface area contributed by atoms with Crippen molar-refractivity contribution in [2.45, 2.75) is 25.4 Å². The minimum Gasteiger partial charge on any atom is -0.355 e. The molecule has 1 saturated heterocycles. The summed E-state index contributed by atoms with van der Waals surface area (Å²) in [5.41, 5.74) is 1.14. The third-order valence-electron chi connectivity index (χ3n) is 2.75. The zero-order chi connectivity index (χ0) is 11.4. The van der Waals surface area contributed by atoms with Gasteiger partial charge in [0.05, 0.1) is 6.04 Å². The highest BCUT2D eigenvalue weighted by Crippen LogP contribution is 2.10. The molecular formula is C12H15ClN2O. The van der Waals surface area contributed by atoms with Crippen molar-refractivity contribution in [3.8, 4) is 0 Å². The number of hydrogen-bond acceptors (Lipinski definition) is 2. The summed E-state index contributed by atoms with van der Waals surface area (Å²) in [7, 11) is 0. The maximum absolute atomic E-state index is 11.5. The Bertz CT molecular complexity index is 364. The van der Waals surface area contributed by atoms with Gasteiger partial charge >= 0.3 is 0 Å². The summed E-state index contributed by atoms with van der Waals surface area (Å²) in [5, 5.41) is 6.84. The summed E-state index contributed by atoms with van der Waals surface area (Å²) in [6.07, 6.45) is 1.96. The number of amides is 1. The van der Waals surface area contributed by atoms with E-state index in [9.17, 15) is 4.79 Å². The van der Waals surface area contributed by atoms with Gasteiger partial charge in [-0.2, -0.15) is 0 Å². The zero-order valence-electron chi connectivity index (χ0n) is 9.00. The largest absolute Gasteiger partial charge is 0.355 e. The highest BCUT2D eigenvalue weighted by molar-refractivity contribution is 6.30. The molecule has 0 radical (unpaired) electrons. The first-order valence-corrected chi connectivity index (χ1v) is 5.89. The van der Waals surface area contributed by atoms with E-state index in [4.69, 9.17) is 11.6 Å². The van der Waals surface area contributed by atoms with Crippen LogP contribution in [0, 0.1) is 0 Å². The molecule has 86 valence electrons. The first kappa shape index (κ1) is 11.4. The molecule has 1 amide bonds. The van der Waals surface area contributed by atoms with E-state index in [1.165, 1.54) is 0 Å². The standard InChI is InChI=1S/C12H15ClN2O/c13-10-5-3-9(4-6-10)8-15-11-2-1-7-14-12(11)16/h3-6,11,15H,1-2,7-8H2,(H,14,16). The van der Waals surface area contributed by atoms with E-state index in [1.807, 2.05) is 24.3 Å². The van der Waals surface area contributed by atoms with Gasteiger partial charge in [-0.3, -0.25) is 4.79 Å². The minimum absolute atomic E-state index is 0.0515. The molecule has 3 nitrogen and oxygen atoms in total. The van der Waals surface area contributed by atoms with E-state index in [1.54, 1.807) is 0 Å². The van der Waals surface area contributed by atoms with Crippen LogP contribution in [0.3, 0.4) is 0 Å². The van der Waals surface area contributed by atoms with Gasteiger partial charge < -0.3 is 10.6 Å². The fraction of sp³-hybridized carbons (Fsp3) is 0.417. The smallest absolute Gasteiger partial charge is 0.237 e. The van der Waals surface area contributed by atoms with Crippen LogP contribution in [0.25, 0.3) is 0 Å². The number of rotatable bonds is 3. The van der Waals surface area contributed by atoms with Crippen molar-refractivity contribution in [2.75, 3.05) is 6.54 Å². The normalized spacial score (nSPS) is 20.6. The maximum Gasteiger partial charge on any atom is 0.237 e. The SMILES string of the molecule is O=C1NCCCC1NCc1ccc(Cl)cc1. The van der Waals surface area contributed by atoms with Gasteiger partial charge in [0.2, 0.25) is 5.91 Å². The molecule has 0 saturated carbocycles. The van der Waals surface area contributed by atoms with Crippen LogP contribution in [0.15, 0.2) is 24.3 Å². The van der Waals surface area contributed by atoms with Gasteiger partial charge in [-0.25, -0.2) is 0 Å². The molecule has 2 N–H and O–H groups in total. The van der Waals surface area contributed by atoms with E-state index >= 15 is 0 Å². The van der Waals surface area contributed by atoms with E-state index in [2.05, 4.69) is 10.6 Å². The number of benzene rings is 1. The maximum atomic E-state index is 11.5. The zero-order valence-corrected chi connectivity index (χ0v) is 9.76. The van der Waals surface area contributed by atoms with Crippen LogP contribution in [-0.4, -0.2) is 18.5 Å². The molecule has 1 aromatic rings. The van der Waals surface area contributed by atoms with Crippen LogP contribution in [0.1, 0.15) is 18.4 Å². The summed E-state index contributed by atoms with van der Waals surface area (Å²) >= 11 is 5.80. The molecule has 0 aromatic heterocycles. The molecule has 1 heterocycles. The van der Waals surface area contributed by atoms with E-state index in [0.29, 0.717) is 6.54 Å². The van der Waals surface area contributed by atoms with Gasteiger partial charge in [0.25, 0.3) is 0 Å². The van der Waals surface area contributed by atoms with Crippen molar-refractivity contribution >= 4 is 17.5 Å². The van der Waals surface area contributed by atoms with E-state index < -0.39 is 0 Å². The second kappa shape index (κ2) is 5.32. The summed E-state index contributed by atoms with van der Waals surface area (Å²) in [6.45, 7) is 1.51. The van der Waals surface area contributed by atoms with Gasteiger partial charge in [0.15, 0.2) is 0 Å². The molecule has 1 atom stereocenters. The number of carbonyl (C=O) groups is 1. The summed E-state index contributed by atoms with van der Waals surface area (Å²) in [6, 6.07) is 7.61. The number of hydrogen-bond donors (Lipinski definition) is 2. The first-order valence-electron chi connectivity index (χ1n) is 5.51. The van der Waals surface area contributed by atoms with Crippen LogP contribution in [0.5, 0.6) is 0 Å². The highest BCUT2D eigenvalue weighted by atomic mass is 35.5. The quantitative estimate of drug-likeness (QED) is 0.842. The predicted octanol–water partition coefficient (Wildman–Crippen LogP) is 1.71. The van der Waals surface area contributed by atoms with E-state index in [-0.39, 0.29) is 11.9 Å². The summed E-state index contributed by atoms with van der Waals surface area (Å²) in [5.74, 6) is 0.111. The average Bonchev–Trinajstić information content (AvgIpc) is 2.30. The molecule has 16 heavy (non-hydrogen) atoms. The second-order valence-electron chi connectivity index (χ2n) is 3.99. The van der Waals surface area contributed by atoms with Crippen LogP contribution in [0.2, 0.25) is 5.02 Å². The molecule has 1 unspecified atom stereocenters. The number of carbonyl (C=O) groups excluding carboxylic acids is 1. The Balaban J connectivity index is 1.86. The molecule has 1 aliphatic heterocycles. The summed E-state index contributed by atoms with van der Waals surface area (Å²) < 4.78 is 0. The van der Waals surface area contributed by atoms with Crippen molar-refractivity contribution < 1.29 is 4.79 Å². The first-order chi connectivity index (χ1) is 7.75. The van der Waals surface area contributed by atoms with Gasteiger partial charge in [-0.05, 0) is 30.5 Å². The molecule has 0 bridgehead atoms. The summed E-state index contributed by atoms with van der Waals surface area (Å²) in [4.78, 5) is 11.5. The molecule has 1 aliphatic rings. The number of piperidine rings is 1. The van der Waals surface area contributed by atoms with Gasteiger partial charge in [0, 0.05) is 18.1 Å². The minimum atomic E-state index is -0.0515. The second-order valence-corrected chi connectivity index (χ2v) is 4.43. The molecule has 1 aromatic carbocycles.